The van der Waals surface area contributed by atoms with E-state index in [-0.39, 0.29) is 0 Å². The van der Waals surface area contributed by atoms with Crippen molar-refractivity contribution in [2.75, 3.05) is 52.8 Å². The highest BCUT2D eigenvalue weighted by Crippen LogP contribution is 2.17. The monoisotopic (exact) mass is 273 g/mol. The van der Waals surface area contributed by atoms with Gasteiger partial charge in [-0.15, -0.1) is 0 Å². The summed E-state index contributed by atoms with van der Waals surface area (Å²) in [5.74, 6) is 1.13. The van der Waals surface area contributed by atoms with Crippen molar-refractivity contribution >= 4 is 0 Å². The van der Waals surface area contributed by atoms with E-state index in [9.17, 15) is 0 Å². The lowest BCUT2D eigenvalue weighted by Gasteiger charge is -2.14. The second-order valence-corrected chi connectivity index (χ2v) is 4.39. The molecule has 0 unspecified atom stereocenters. The van der Waals surface area contributed by atoms with Crippen molar-refractivity contribution in [3.05, 3.63) is 11.8 Å². The van der Waals surface area contributed by atoms with Gasteiger partial charge in [-0.1, -0.05) is 0 Å². The van der Waals surface area contributed by atoms with E-state index in [2.05, 4.69) is 6.08 Å². The number of nitrogens with two attached hydrogens (primary N) is 1. The molecule has 1 rings (SSSR count). The first-order chi connectivity index (χ1) is 9.43. The molecule has 0 amide bonds. The van der Waals surface area contributed by atoms with Gasteiger partial charge in [0.2, 0.25) is 0 Å². The average molecular weight is 273 g/mol. The lowest BCUT2D eigenvalue weighted by molar-refractivity contribution is 0.00519. The summed E-state index contributed by atoms with van der Waals surface area (Å²) in [7, 11) is 0. The topological polar surface area (TPSA) is 62.9 Å². The van der Waals surface area contributed by atoms with Crippen LogP contribution in [0.25, 0.3) is 0 Å². The fourth-order valence-electron chi connectivity index (χ4n) is 1.80. The van der Waals surface area contributed by atoms with Crippen LogP contribution in [0.3, 0.4) is 0 Å². The maximum Gasteiger partial charge on any atom is 0.111 e. The summed E-state index contributed by atoms with van der Waals surface area (Å²) in [5.41, 5.74) is 5.29. The summed E-state index contributed by atoms with van der Waals surface area (Å²) >= 11 is 0. The second-order valence-electron chi connectivity index (χ2n) is 4.39. The quantitative estimate of drug-likeness (QED) is 0.546. The van der Waals surface area contributed by atoms with Gasteiger partial charge in [0, 0.05) is 13.0 Å². The van der Waals surface area contributed by atoms with Crippen LogP contribution in [-0.4, -0.2) is 52.8 Å². The van der Waals surface area contributed by atoms with E-state index in [1.54, 1.807) is 0 Å². The summed E-state index contributed by atoms with van der Waals surface area (Å²) in [5, 5.41) is 0. The van der Waals surface area contributed by atoms with Gasteiger partial charge in [-0.25, -0.2) is 0 Å². The smallest absolute Gasteiger partial charge is 0.111 e. The van der Waals surface area contributed by atoms with E-state index in [4.69, 9.17) is 24.7 Å². The Balaban J connectivity index is 1.75. The van der Waals surface area contributed by atoms with E-state index < -0.39 is 0 Å². The van der Waals surface area contributed by atoms with Crippen molar-refractivity contribution in [3.63, 3.8) is 0 Å². The lowest BCUT2D eigenvalue weighted by Crippen LogP contribution is -2.14. The van der Waals surface area contributed by atoms with Crippen LogP contribution in [0, 0.1) is 0 Å². The van der Waals surface area contributed by atoms with E-state index in [1.807, 2.05) is 0 Å². The normalized spacial score (nSPS) is 15.3. The van der Waals surface area contributed by atoms with Crippen LogP contribution in [0.2, 0.25) is 0 Å². The van der Waals surface area contributed by atoms with Crippen LogP contribution in [0.1, 0.15) is 25.7 Å². The van der Waals surface area contributed by atoms with E-state index >= 15 is 0 Å². The van der Waals surface area contributed by atoms with Gasteiger partial charge in [0.05, 0.1) is 45.4 Å². The van der Waals surface area contributed by atoms with Crippen molar-refractivity contribution in [1.29, 1.82) is 0 Å². The molecule has 0 aromatic rings. The van der Waals surface area contributed by atoms with Crippen molar-refractivity contribution in [3.8, 4) is 0 Å². The largest absolute Gasteiger partial charge is 0.496 e. The average Bonchev–Trinajstić information content (AvgIpc) is 2.46. The third-order valence-corrected chi connectivity index (χ3v) is 2.77. The minimum atomic E-state index is 0.555. The third kappa shape index (κ3) is 9.90. The minimum absolute atomic E-state index is 0.555. The first-order valence-electron chi connectivity index (χ1n) is 7.18. The number of hydrogen-bond acceptors (Lipinski definition) is 5. The van der Waals surface area contributed by atoms with Crippen LogP contribution < -0.4 is 5.73 Å². The van der Waals surface area contributed by atoms with Gasteiger partial charge < -0.3 is 24.7 Å². The van der Waals surface area contributed by atoms with Gasteiger partial charge in [-0.2, -0.15) is 0 Å². The molecule has 0 radical (unpaired) electrons. The molecule has 1 aliphatic rings. The van der Waals surface area contributed by atoms with E-state index in [1.165, 1.54) is 12.8 Å². The van der Waals surface area contributed by atoms with Crippen molar-refractivity contribution in [2.45, 2.75) is 25.7 Å². The van der Waals surface area contributed by atoms with E-state index in [0.717, 1.165) is 18.6 Å². The van der Waals surface area contributed by atoms with E-state index in [0.29, 0.717) is 52.8 Å². The zero-order chi connectivity index (χ0) is 13.6. The van der Waals surface area contributed by atoms with Crippen LogP contribution in [-0.2, 0) is 18.9 Å². The predicted octanol–water partition coefficient (Wildman–Crippen LogP) is 1.47. The molecule has 5 heteroatoms. The Morgan fingerprint density at radius 2 is 1.47 bits per heavy atom. The Morgan fingerprint density at radius 3 is 2.05 bits per heavy atom. The zero-order valence-corrected chi connectivity index (χ0v) is 11.8. The molecular weight excluding hydrogens is 246 g/mol. The molecule has 1 aliphatic carbocycles. The molecule has 0 aromatic heterocycles. The molecule has 0 aliphatic heterocycles. The molecule has 0 fully saturated rings. The fourth-order valence-corrected chi connectivity index (χ4v) is 1.80. The molecule has 0 heterocycles. The summed E-state index contributed by atoms with van der Waals surface area (Å²) < 4.78 is 21.5. The van der Waals surface area contributed by atoms with Gasteiger partial charge in [0.1, 0.15) is 6.61 Å². The Hall–Kier alpha value is -0.620. The van der Waals surface area contributed by atoms with Crippen LogP contribution in [0.4, 0.5) is 0 Å². The molecule has 0 spiro atoms. The maximum absolute atomic E-state index is 5.62. The van der Waals surface area contributed by atoms with Gasteiger partial charge in [0.25, 0.3) is 0 Å². The first-order valence-corrected chi connectivity index (χ1v) is 7.18. The molecule has 112 valence electrons. The Bertz CT molecular complexity index is 233. The third-order valence-electron chi connectivity index (χ3n) is 2.77. The highest BCUT2D eigenvalue weighted by molar-refractivity contribution is 4.96. The molecule has 0 saturated heterocycles. The number of ether oxygens (including phenoxy) is 4. The van der Waals surface area contributed by atoms with Gasteiger partial charge >= 0.3 is 0 Å². The maximum atomic E-state index is 5.62. The van der Waals surface area contributed by atoms with Crippen molar-refractivity contribution < 1.29 is 18.9 Å². The molecule has 19 heavy (non-hydrogen) atoms. The van der Waals surface area contributed by atoms with Crippen LogP contribution in [0.15, 0.2) is 11.8 Å². The highest BCUT2D eigenvalue weighted by atomic mass is 16.6. The Kier molecular flexibility index (Phi) is 10.7. The molecule has 5 nitrogen and oxygen atoms in total. The van der Waals surface area contributed by atoms with Crippen molar-refractivity contribution in [1.82, 2.24) is 0 Å². The molecule has 0 bridgehead atoms. The van der Waals surface area contributed by atoms with Gasteiger partial charge in [-0.05, 0) is 25.3 Å². The van der Waals surface area contributed by atoms with Gasteiger partial charge in [0.15, 0.2) is 0 Å². The second kappa shape index (κ2) is 12.4. The highest BCUT2D eigenvalue weighted by Gasteiger charge is 2.03. The Morgan fingerprint density at radius 1 is 0.842 bits per heavy atom. The lowest BCUT2D eigenvalue weighted by atomic mass is 10.1. The molecule has 0 aromatic carbocycles. The molecule has 2 N–H and O–H groups in total. The van der Waals surface area contributed by atoms with Crippen LogP contribution in [0.5, 0.6) is 0 Å². The molecule has 0 saturated carbocycles. The number of hydrogen-bond donors (Lipinski definition) is 1. The van der Waals surface area contributed by atoms with Crippen molar-refractivity contribution in [2.24, 2.45) is 5.73 Å². The number of rotatable bonds is 12. The molecule has 0 atom stereocenters. The number of allylic oxidation sites excluding steroid dienone is 2. The minimum Gasteiger partial charge on any atom is -0.496 e. The SMILES string of the molecule is NCCOCCOCCOCCOC1=CCCCC1. The summed E-state index contributed by atoms with van der Waals surface area (Å²) in [6.45, 7) is 4.76. The summed E-state index contributed by atoms with van der Waals surface area (Å²) in [6, 6.07) is 0. The van der Waals surface area contributed by atoms with Gasteiger partial charge in [-0.3, -0.25) is 0 Å². The predicted molar refractivity (Wildman–Crippen MR) is 74.0 cm³/mol. The molecular formula is C14H27NO4. The summed E-state index contributed by atoms with van der Waals surface area (Å²) in [6.07, 6.45) is 6.94. The first kappa shape index (κ1) is 16.4. The fraction of sp³-hybridized carbons (Fsp3) is 0.857. The standard InChI is InChI=1S/C14H27NO4/c15-6-7-16-8-9-17-10-11-18-12-13-19-14-4-2-1-3-5-14/h4H,1-3,5-13,15H2. The zero-order valence-electron chi connectivity index (χ0n) is 11.8. The summed E-state index contributed by atoms with van der Waals surface area (Å²) in [4.78, 5) is 0. The van der Waals surface area contributed by atoms with Crippen LogP contribution >= 0.6 is 0 Å². The Labute approximate surface area is 116 Å².